The first kappa shape index (κ1) is 24.0. The maximum atomic E-state index is 12.9. The molecule has 2 aromatic rings. The van der Waals surface area contributed by atoms with Gasteiger partial charge in [-0.3, -0.25) is 14.5 Å². The number of fused-ring (bicyclic) bond motifs is 1. The van der Waals surface area contributed by atoms with Crippen molar-refractivity contribution in [3.8, 4) is 0 Å². The Bertz CT molecular complexity index is 918. The van der Waals surface area contributed by atoms with Gasteiger partial charge >= 0.3 is 0 Å². The lowest BCUT2D eigenvalue weighted by Gasteiger charge is -2.36. The fourth-order valence-electron chi connectivity index (χ4n) is 4.56. The summed E-state index contributed by atoms with van der Waals surface area (Å²) in [6, 6.07) is 14.7. The van der Waals surface area contributed by atoms with Crippen molar-refractivity contribution in [1.29, 1.82) is 0 Å². The first-order chi connectivity index (χ1) is 15.1. The monoisotopic (exact) mass is 436 g/mol. The van der Waals surface area contributed by atoms with E-state index >= 15 is 0 Å². The van der Waals surface area contributed by atoms with Crippen LogP contribution >= 0.6 is 0 Å². The van der Waals surface area contributed by atoms with Gasteiger partial charge in [-0.25, -0.2) is 0 Å². The van der Waals surface area contributed by atoms with E-state index in [0.29, 0.717) is 19.3 Å². The van der Waals surface area contributed by atoms with Crippen LogP contribution in [0.3, 0.4) is 0 Å². The summed E-state index contributed by atoms with van der Waals surface area (Å²) in [4.78, 5) is 29.3. The number of Topliss-reactive ketones (excluding diaryl/α,β-unsaturated/α-hetero) is 1. The Balaban J connectivity index is 0.00000289. The number of carbonyl (C=O) groups excluding carboxylic acids is 2. The lowest BCUT2D eigenvalue weighted by atomic mass is 9.94. The van der Waals surface area contributed by atoms with Gasteiger partial charge in [0.05, 0.1) is 0 Å². The van der Waals surface area contributed by atoms with Gasteiger partial charge in [0, 0.05) is 62.5 Å². The van der Waals surface area contributed by atoms with Crippen molar-refractivity contribution in [1.82, 2.24) is 4.90 Å². The van der Waals surface area contributed by atoms with E-state index in [1.165, 1.54) is 24.1 Å². The van der Waals surface area contributed by atoms with Crippen molar-refractivity contribution in [2.45, 2.75) is 45.4 Å². The van der Waals surface area contributed by atoms with Crippen molar-refractivity contribution in [2.75, 3.05) is 42.9 Å². The largest absolute Gasteiger partial charge is 0.870 e. The molecule has 4 rings (SSSR count). The molecule has 0 spiro atoms. The molecular weight excluding hydrogens is 402 g/mol. The number of hydrogen-bond acceptors (Lipinski definition) is 5. The number of benzene rings is 2. The SMILES string of the molecule is CCCCc1ccc(N2CCN(CCC(=O)c3cccc4c3CCC(=O)N4)CC2)cc1.[OH-]. The van der Waals surface area contributed by atoms with E-state index in [4.69, 9.17) is 0 Å². The molecule has 0 atom stereocenters. The van der Waals surface area contributed by atoms with Crippen LogP contribution in [0.15, 0.2) is 42.5 Å². The maximum absolute atomic E-state index is 12.9. The molecule has 0 radical (unpaired) electrons. The zero-order valence-electron chi connectivity index (χ0n) is 19.0. The Morgan fingerprint density at radius 1 is 1.00 bits per heavy atom. The fourth-order valence-corrected chi connectivity index (χ4v) is 4.56. The molecule has 0 saturated carbocycles. The van der Waals surface area contributed by atoms with Crippen LogP contribution in [0.25, 0.3) is 0 Å². The van der Waals surface area contributed by atoms with E-state index in [1.807, 2.05) is 18.2 Å². The average Bonchev–Trinajstić information content (AvgIpc) is 2.81. The Hall–Kier alpha value is -2.70. The fraction of sp³-hybridized carbons (Fsp3) is 0.462. The number of aryl methyl sites for hydroxylation is 1. The number of nitrogens with zero attached hydrogens (tertiary/aromatic N) is 2. The molecular formula is C26H34N3O3-. The quantitative estimate of drug-likeness (QED) is 0.629. The molecule has 2 aliphatic heterocycles. The summed E-state index contributed by atoms with van der Waals surface area (Å²) in [6.45, 7) is 6.97. The molecule has 1 amide bonds. The van der Waals surface area contributed by atoms with Crippen LogP contribution < -0.4 is 10.2 Å². The van der Waals surface area contributed by atoms with Gasteiger partial charge in [0.1, 0.15) is 0 Å². The summed E-state index contributed by atoms with van der Waals surface area (Å²) in [7, 11) is 0. The van der Waals surface area contributed by atoms with E-state index in [2.05, 4.69) is 46.3 Å². The van der Waals surface area contributed by atoms with Crippen LogP contribution in [-0.2, 0) is 17.6 Å². The first-order valence-electron chi connectivity index (χ1n) is 11.6. The number of nitrogens with one attached hydrogen (secondary N) is 1. The second-order valence-corrected chi connectivity index (χ2v) is 8.65. The normalized spacial score (nSPS) is 16.2. The van der Waals surface area contributed by atoms with Crippen molar-refractivity contribution in [2.24, 2.45) is 0 Å². The van der Waals surface area contributed by atoms with Crippen molar-refractivity contribution in [3.05, 3.63) is 59.2 Å². The Morgan fingerprint density at radius 3 is 2.47 bits per heavy atom. The number of carbonyl (C=O) groups is 2. The zero-order chi connectivity index (χ0) is 21.6. The molecule has 1 fully saturated rings. The second-order valence-electron chi connectivity index (χ2n) is 8.65. The number of unbranched alkanes of at least 4 members (excludes halogenated alkanes) is 1. The highest BCUT2D eigenvalue weighted by Gasteiger charge is 2.22. The first-order valence-corrected chi connectivity index (χ1v) is 11.6. The van der Waals surface area contributed by atoms with Gasteiger partial charge in [-0.15, -0.1) is 0 Å². The smallest absolute Gasteiger partial charge is 0.224 e. The molecule has 2 aromatic carbocycles. The average molecular weight is 437 g/mol. The summed E-state index contributed by atoms with van der Waals surface area (Å²) in [6.07, 6.45) is 5.27. The lowest BCUT2D eigenvalue weighted by Crippen LogP contribution is -2.46. The number of rotatable bonds is 8. The summed E-state index contributed by atoms with van der Waals surface area (Å²) < 4.78 is 0. The molecule has 1 saturated heterocycles. The number of ketones is 1. The third kappa shape index (κ3) is 5.75. The van der Waals surface area contributed by atoms with Gasteiger partial charge in [0.2, 0.25) is 5.91 Å². The van der Waals surface area contributed by atoms with E-state index in [0.717, 1.165) is 56.0 Å². The summed E-state index contributed by atoms with van der Waals surface area (Å²) in [5.41, 5.74) is 5.30. The minimum absolute atomic E-state index is 0. The Morgan fingerprint density at radius 2 is 1.75 bits per heavy atom. The third-order valence-corrected chi connectivity index (χ3v) is 6.50. The highest BCUT2D eigenvalue weighted by atomic mass is 16.1. The Labute approximate surface area is 190 Å². The summed E-state index contributed by atoms with van der Waals surface area (Å²) in [5, 5.41) is 2.89. The molecule has 172 valence electrons. The van der Waals surface area contributed by atoms with Crippen LogP contribution in [0.1, 0.15) is 54.1 Å². The van der Waals surface area contributed by atoms with Gasteiger partial charge < -0.3 is 15.7 Å². The lowest BCUT2D eigenvalue weighted by molar-refractivity contribution is -0.116. The molecule has 2 aliphatic rings. The van der Waals surface area contributed by atoms with Crippen molar-refractivity contribution >= 4 is 23.1 Å². The molecule has 2 N–H and O–H groups in total. The van der Waals surface area contributed by atoms with Crippen molar-refractivity contribution < 1.29 is 15.1 Å². The van der Waals surface area contributed by atoms with Gasteiger partial charge in [-0.2, -0.15) is 0 Å². The third-order valence-electron chi connectivity index (χ3n) is 6.50. The molecule has 2 heterocycles. The van der Waals surface area contributed by atoms with Crippen LogP contribution in [-0.4, -0.2) is 54.8 Å². The molecule has 6 heteroatoms. The van der Waals surface area contributed by atoms with Crippen LogP contribution in [0.4, 0.5) is 11.4 Å². The number of anilines is 2. The van der Waals surface area contributed by atoms with Crippen LogP contribution in [0.5, 0.6) is 0 Å². The molecule has 0 bridgehead atoms. The molecule has 32 heavy (non-hydrogen) atoms. The van der Waals surface area contributed by atoms with Gasteiger partial charge in [0.25, 0.3) is 0 Å². The van der Waals surface area contributed by atoms with Crippen molar-refractivity contribution in [3.63, 3.8) is 0 Å². The predicted molar refractivity (Wildman–Crippen MR) is 128 cm³/mol. The van der Waals surface area contributed by atoms with E-state index < -0.39 is 0 Å². The zero-order valence-corrected chi connectivity index (χ0v) is 19.0. The topological polar surface area (TPSA) is 82.7 Å². The van der Waals surface area contributed by atoms with Crippen LogP contribution in [0, 0.1) is 0 Å². The standard InChI is InChI=1S/C26H33N3O2.H2O/c1-2-3-5-20-8-10-21(11-9-20)29-18-16-28(17-19-29)15-14-25(30)23-6-4-7-24-22(23)12-13-26(31)27-24;/h4,6-11H,2-3,5,12-19H2,1H3,(H,27,31);1H2/p-1. The highest BCUT2D eigenvalue weighted by Crippen LogP contribution is 2.27. The van der Waals surface area contributed by atoms with E-state index in [1.54, 1.807) is 0 Å². The summed E-state index contributed by atoms with van der Waals surface area (Å²) >= 11 is 0. The minimum atomic E-state index is 0. The molecule has 0 unspecified atom stereocenters. The molecule has 0 aliphatic carbocycles. The number of piperazine rings is 1. The number of amides is 1. The van der Waals surface area contributed by atoms with E-state index in [-0.39, 0.29) is 17.2 Å². The molecule has 0 aromatic heterocycles. The van der Waals surface area contributed by atoms with Gasteiger partial charge in [0.15, 0.2) is 5.78 Å². The minimum Gasteiger partial charge on any atom is -0.870 e. The van der Waals surface area contributed by atoms with Crippen LogP contribution in [0.2, 0.25) is 0 Å². The highest BCUT2D eigenvalue weighted by molar-refractivity contribution is 6.02. The van der Waals surface area contributed by atoms with Gasteiger partial charge in [-0.1, -0.05) is 37.6 Å². The Kier molecular flexibility index (Phi) is 8.42. The number of hydrogen-bond donors (Lipinski definition) is 1. The maximum Gasteiger partial charge on any atom is 0.224 e. The second kappa shape index (κ2) is 11.2. The summed E-state index contributed by atoms with van der Waals surface area (Å²) in [5.74, 6) is 0.212. The predicted octanol–water partition coefficient (Wildman–Crippen LogP) is 4.13. The molecule has 6 nitrogen and oxygen atoms in total. The van der Waals surface area contributed by atoms with E-state index in [9.17, 15) is 9.59 Å². The van der Waals surface area contributed by atoms with Gasteiger partial charge in [-0.05, 0) is 48.6 Å².